The van der Waals surface area contributed by atoms with E-state index in [2.05, 4.69) is 25.2 Å². The lowest BCUT2D eigenvalue weighted by Crippen LogP contribution is -2.33. The van der Waals surface area contributed by atoms with Gasteiger partial charge in [-0.1, -0.05) is 0 Å². The lowest BCUT2D eigenvalue weighted by Gasteiger charge is -2.27. The molecule has 0 amide bonds. The van der Waals surface area contributed by atoms with E-state index < -0.39 is 0 Å². The first-order valence-corrected chi connectivity index (χ1v) is 8.24. The summed E-state index contributed by atoms with van der Waals surface area (Å²) >= 11 is 6.07. The van der Waals surface area contributed by atoms with Gasteiger partial charge >= 0.3 is 0 Å². The second-order valence-electron chi connectivity index (χ2n) is 6.14. The van der Waals surface area contributed by atoms with Crippen molar-refractivity contribution in [3.05, 3.63) is 5.28 Å². The topological polar surface area (TPSA) is 63.2 Å². The Bertz CT molecular complexity index is 522. The van der Waals surface area contributed by atoms with Gasteiger partial charge in [0, 0.05) is 13.1 Å². The van der Waals surface area contributed by atoms with Gasteiger partial charge in [0.1, 0.15) is 0 Å². The molecule has 114 valence electrons. The van der Waals surface area contributed by atoms with Crippen LogP contribution in [0.2, 0.25) is 5.28 Å². The fourth-order valence-electron chi connectivity index (χ4n) is 3.60. The zero-order chi connectivity index (χ0) is 14.2. The number of anilines is 2. The molecule has 1 aromatic heterocycles. The smallest absolute Gasteiger partial charge is 0.231 e. The van der Waals surface area contributed by atoms with Crippen molar-refractivity contribution in [2.24, 2.45) is 0 Å². The number of fused-ring (bicyclic) bond motifs is 2. The maximum Gasteiger partial charge on any atom is 0.231 e. The number of nitrogens with zero attached hydrogens (tertiary/aromatic N) is 4. The van der Waals surface area contributed by atoms with Crippen LogP contribution >= 0.6 is 11.6 Å². The Morgan fingerprint density at radius 1 is 1.10 bits per heavy atom. The Morgan fingerprint density at radius 2 is 1.95 bits per heavy atom. The molecule has 0 aromatic carbocycles. The molecule has 3 aliphatic rings. The van der Waals surface area contributed by atoms with Gasteiger partial charge in [-0.2, -0.15) is 15.0 Å². The van der Waals surface area contributed by atoms with Crippen molar-refractivity contribution in [2.45, 2.75) is 56.8 Å². The average molecular weight is 310 g/mol. The first-order valence-electron chi connectivity index (χ1n) is 7.86. The molecule has 0 saturated carbocycles. The highest BCUT2D eigenvalue weighted by molar-refractivity contribution is 6.28. The third kappa shape index (κ3) is 2.79. The Kier molecular flexibility index (Phi) is 3.59. The summed E-state index contributed by atoms with van der Waals surface area (Å²) in [5, 5.41) is 3.66. The molecule has 6 nitrogen and oxygen atoms in total. The molecular weight excluding hydrogens is 290 g/mol. The summed E-state index contributed by atoms with van der Waals surface area (Å²) in [5.41, 5.74) is 0. The van der Waals surface area contributed by atoms with E-state index >= 15 is 0 Å². The van der Waals surface area contributed by atoms with E-state index in [-0.39, 0.29) is 5.28 Å². The molecule has 2 bridgehead atoms. The minimum atomic E-state index is 0.261. The first-order chi connectivity index (χ1) is 10.3. The number of hydrogen-bond donors (Lipinski definition) is 1. The van der Waals surface area contributed by atoms with Gasteiger partial charge in [0.05, 0.1) is 18.2 Å². The minimum Gasteiger partial charge on any atom is -0.373 e. The number of aromatic nitrogens is 3. The highest BCUT2D eigenvalue weighted by Crippen LogP contribution is 2.35. The molecule has 21 heavy (non-hydrogen) atoms. The molecule has 4 heterocycles. The maximum absolute atomic E-state index is 6.07. The highest BCUT2D eigenvalue weighted by Gasteiger charge is 2.41. The number of nitrogens with one attached hydrogen (secondary N) is 1. The zero-order valence-corrected chi connectivity index (χ0v) is 12.7. The molecule has 0 radical (unpaired) electrons. The lowest BCUT2D eigenvalue weighted by atomic mass is 9.96. The molecule has 0 aliphatic carbocycles. The quantitative estimate of drug-likeness (QED) is 0.924. The monoisotopic (exact) mass is 309 g/mol. The van der Waals surface area contributed by atoms with E-state index in [0.29, 0.717) is 30.1 Å². The van der Waals surface area contributed by atoms with Gasteiger partial charge in [-0.25, -0.2) is 0 Å². The predicted molar refractivity (Wildman–Crippen MR) is 80.8 cm³/mol. The van der Waals surface area contributed by atoms with Crippen molar-refractivity contribution >= 4 is 23.5 Å². The predicted octanol–water partition coefficient (Wildman–Crippen LogP) is 2.25. The normalized spacial score (nSPS) is 31.7. The molecule has 1 N–H and O–H groups in total. The van der Waals surface area contributed by atoms with Crippen molar-refractivity contribution in [1.82, 2.24) is 15.0 Å². The highest BCUT2D eigenvalue weighted by atomic mass is 35.5. The van der Waals surface area contributed by atoms with Gasteiger partial charge in [0.2, 0.25) is 17.2 Å². The van der Waals surface area contributed by atoms with Crippen LogP contribution in [0.5, 0.6) is 0 Å². The molecule has 3 atom stereocenters. The van der Waals surface area contributed by atoms with Gasteiger partial charge in [-0.3, -0.25) is 0 Å². The SMILES string of the molecule is Clc1nc(NC2CC3CCC2O3)nc(N2CCCCC2)n1. The largest absolute Gasteiger partial charge is 0.373 e. The van der Waals surface area contributed by atoms with Gasteiger partial charge < -0.3 is 15.0 Å². The van der Waals surface area contributed by atoms with Crippen LogP contribution < -0.4 is 10.2 Å². The molecule has 3 unspecified atom stereocenters. The van der Waals surface area contributed by atoms with Gasteiger partial charge in [-0.15, -0.1) is 0 Å². The summed E-state index contributed by atoms with van der Waals surface area (Å²) < 4.78 is 5.86. The Balaban J connectivity index is 1.50. The van der Waals surface area contributed by atoms with E-state index in [1.54, 1.807) is 0 Å². The van der Waals surface area contributed by atoms with E-state index in [1.807, 2.05) is 0 Å². The van der Waals surface area contributed by atoms with Crippen LogP contribution in [0.3, 0.4) is 0 Å². The molecule has 0 spiro atoms. The molecule has 3 fully saturated rings. The fourth-order valence-corrected chi connectivity index (χ4v) is 3.75. The van der Waals surface area contributed by atoms with Crippen molar-refractivity contribution in [3.8, 4) is 0 Å². The van der Waals surface area contributed by atoms with E-state index in [9.17, 15) is 0 Å². The number of rotatable bonds is 3. The Hall–Kier alpha value is -1.14. The first kappa shape index (κ1) is 13.5. The number of halogens is 1. The minimum absolute atomic E-state index is 0.261. The van der Waals surface area contributed by atoms with E-state index in [0.717, 1.165) is 25.9 Å². The summed E-state index contributed by atoms with van der Waals surface area (Å²) in [4.78, 5) is 15.3. The van der Waals surface area contributed by atoms with Crippen LogP contribution in [0.4, 0.5) is 11.9 Å². The van der Waals surface area contributed by atoms with Crippen LogP contribution in [-0.2, 0) is 4.74 Å². The summed E-state index contributed by atoms with van der Waals surface area (Å²) in [5.74, 6) is 1.28. The summed E-state index contributed by atoms with van der Waals surface area (Å²) in [6.45, 7) is 1.99. The summed E-state index contributed by atoms with van der Waals surface area (Å²) in [7, 11) is 0. The molecule has 3 saturated heterocycles. The molecule has 3 aliphatic heterocycles. The van der Waals surface area contributed by atoms with Crippen molar-refractivity contribution in [3.63, 3.8) is 0 Å². The molecular formula is C14H20ClN5O. The summed E-state index contributed by atoms with van der Waals surface area (Å²) in [6, 6.07) is 0.302. The van der Waals surface area contributed by atoms with Gasteiger partial charge in [0.15, 0.2) is 0 Å². The second kappa shape index (κ2) is 5.57. The Labute approximate surface area is 129 Å². The number of piperidine rings is 1. The van der Waals surface area contributed by atoms with Crippen molar-refractivity contribution < 1.29 is 4.74 Å². The van der Waals surface area contributed by atoms with E-state index in [1.165, 1.54) is 25.7 Å². The molecule has 4 rings (SSSR count). The van der Waals surface area contributed by atoms with Crippen LogP contribution in [-0.4, -0.2) is 46.3 Å². The van der Waals surface area contributed by atoms with Crippen LogP contribution in [0.25, 0.3) is 0 Å². The third-order valence-corrected chi connectivity index (χ3v) is 4.82. The number of hydrogen-bond acceptors (Lipinski definition) is 6. The van der Waals surface area contributed by atoms with Gasteiger partial charge in [0.25, 0.3) is 0 Å². The number of ether oxygens (including phenoxy) is 1. The lowest BCUT2D eigenvalue weighted by molar-refractivity contribution is 0.102. The fraction of sp³-hybridized carbons (Fsp3) is 0.786. The van der Waals surface area contributed by atoms with Crippen LogP contribution in [0, 0.1) is 0 Å². The van der Waals surface area contributed by atoms with Crippen LogP contribution in [0.1, 0.15) is 38.5 Å². The second-order valence-corrected chi connectivity index (χ2v) is 6.47. The maximum atomic E-state index is 6.07. The molecule has 7 heteroatoms. The Morgan fingerprint density at radius 3 is 2.67 bits per heavy atom. The van der Waals surface area contributed by atoms with E-state index in [4.69, 9.17) is 16.3 Å². The van der Waals surface area contributed by atoms with Gasteiger partial charge in [-0.05, 0) is 50.1 Å². The molecule has 1 aromatic rings. The van der Waals surface area contributed by atoms with Crippen molar-refractivity contribution in [2.75, 3.05) is 23.3 Å². The third-order valence-electron chi connectivity index (χ3n) is 4.66. The summed E-state index contributed by atoms with van der Waals surface area (Å²) in [6.07, 6.45) is 7.70. The zero-order valence-electron chi connectivity index (χ0n) is 12.0. The average Bonchev–Trinajstić information content (AvgIpc) is 3.10. The van der Waals surface area contributed by atoms with Crippen LogP contribution in [0.15, 0.2) is 0 Å². The van der Waals surface area contributed by atoms with Crippen molar-refractivity contribution in [1.29, 1.82) is 0 Å². The standard InChI is InChI=1S/C14H20ClN5O/c15-12-17-13(16-10-8-9-4-5-11(10)21-9)19-14(18-12)20-6-2-1-3-7-20/h9-11H,1-8H2,(H,16,17,18,19).